The lowest BCUT2D eigenvalue weighted by Gasteiger charge is -2.20. The summed E-state index contributed by atoms with van der Waals surface area (Å²) in [7, 11) is 1.59. The minimum absolute atomic E-state index is 0.0454. The summed E-state index contributed by atoms with van der Waals surface area (Å²) < 4.78 is 4.86. The number of rotatable bonds is 5. The van der Waals surface area contributed by atoms with Gasteiger partial charge in [-0.15, -0.1) is 0 Å². The van der Waals surface area contributed by atoms with Crippen molar-refractivity contribution >= 4 is 11.8 Å². The Morgan fingerprint density at radius 1 is 1.29 bits per heavy atom. The maximum Gasteiger partial charge on any atom is 0.251 e. The van der Waals surface area contributed by atoms with Crippen LogP contribution < -0.4 is 10.8 Å². The van der Waals surface area contributed by atoms with E-state index in [9.17, 15) is 9.59 Å². The number of hydrogen-bond donors (Lipinski definition) is 3. The van der Waals surface area contributed by atoms with E-state index in [-0.39, 0.29) is 24.3 Å². The first-order chi connectivity index (χ1) is 11.6. The predicted molar refractivity (Wildman–Crippen MR) is 88.3 cm³/mol. The molecule has 1 aromatic carbocycles. The molecule has 1 fully saturated rings. The second kappa shape index (κ2) is 9.06. The fourth-order valence-electron chi connectivity index (χ4n) is 2.92. The molecule has 2 rings (SSSR count). The topological polar surface area (TPSA) is 87.7 Å². The molecule has 0 spiro atoms. The second-order valence-electron chi connectivity index (χ2n) is 5.82. The third-order valence-electron chi connectivity index (χ3n) is 4.14. The average molecular weight is 330 g/mol. The Morgan fingerprint density at radius 3 is 2.71 bits per heavy atom. The first kappa shape index (κ1) is 18.0. The summed E-state index contributed by atoms with van der Waals surface area (Å²) in [5.41, 5.74) is 3.03. The van der Waals surface area contributed by atoms with Crippen molar-refractivity contribution in [1.29, 1.82) is 0 Å². The van der Waals surface area contributed by atoms with Crippen LogP contribution in [-0.2, 0) is 9.53 Å². The minimum Gasteiger partial charge on any atom is -0.372 e. The molecule has 0 radical (unpaired) electrons. The second-order valence-corrected chi connectivity index (χ2v) is 5.82. The first-order valence-electron chi connectivity index (χ1n) is 7.95. The summed E-state index contributed by atoms with van der Waals surface area (Å²) in [5, 5.41) is 11.6. The maximum absolute atomic E-state index is 12.4. The lowest BCUT2D eigenvalue weighted by molar-refractivity contribution is -0.130. The number of hydrogen-bond acceptors (Lipinski definition) is 4. The van der Waals surface area contributed by atoms with Crippen LogP contribution in [0.5, 0.6) is 0 Å². The number of nitrogens with one attached hydrogen (secondary N) is 2. The third-order valence-corrected chi connectivity index (χ3v) is 4.14. The molecule has 1 saturated carbocycles. The van der Waals surface area contributed by atoms with Crippen LogP contribution in [-0.4, -0.2) is 36.8 Å². The zero-order chi connectivity index (χ0) is 17.4. The fraction of sp³-hybridized carbons (Fsp3) is 0.444. The number of amides is 2. The minimum atomic E-state index is -0.417. The van der Waals surface area contributed by atoms with Gasteiger partial charge in [0, 0.05) is 30.7 Å². The van der Waals surface area contributed by atoms with Crippen molar-refractivity contribution < 1.29 is 19.5 Å². The van der Waals surface area contributed by atoms with Gasteiger partial charge in [0.05, 0.1) is 0 Å². The summed E-state index contributed by atoms with van der Waals surface area (Å²) in [6, 6.07) is 7.01. The van der Waals surface area contributed by atoms with E-state index in [1.54, 1.807) is 36.9 Å². The van der Waals surface area contributed by atoms with Crippen LogP contribution in [0.2, 0.25) is 0 Å². The molecule has 1 aromatic rings. The van der Waals surface area contributed by atoms with E-state index in [0.717, 1.165) is 24.8 Å². The average Bonchev–Trinajstić information content (AvgIpc) is 3.02. The molecule has 2 amide bonds. The number of benzene rings is 1. The summed E-state index contributed by atoms with van der Waals surface area (Å²) in [6.07, 6.45) is 2.89. The highest BCUT2D eigenvalue weighted by Gasteiger charge is 2.30. The molecule has 128 valence electrons. The van der Waals surface area contributed by atoms with Crippen molar-refractivity contribution in [1.82, 2.24) is 10.8 Å². The van der Waals surface area contributed by atoms with Crippen LogP contribution in [0.1, 0.15) is 41.6 Å². The quantitative estimate of drug-likeness (QED) is 0.433. The Bertz CT molecular complexity index is 631. The van der Waals surface area contributed by atoms with E-state index in [1.165, 1.54) is 0 Å². The monoisotopic (exact) mass is 330 g/mol. The molecule has 0 bridgehead atoms. The number of methoxy groups -OCH3 is 1. The molecular weight excluding hydrogens is 308 g/mol. The summed E-state index contributed by atoms with van der Waals surface area (Å²) >= 11 is 0. The highest BCUT2D eigenvalue weighted by molar-refractivity contribution is 5.94. The molecular formula is C18H22N2O4. The molecule has 6 heteroatoms. The molecule has 1 aliphatic rings. The zero-order valence-electron chi connectivity index (χ0n) is 13.7. The Morgan fingerprint density at radius 2 is 2.04 bits per heavy atom. The van der Waals surface area contributed by atoms with Crippen molar-refractivity contribution in [2.75, 3.05) is 13.7 Å². The van der Waals surface area contributed by atoms with Gasteiger partial charge in [0.2, 0.25) is 5.91 Å². The summed E-state index contributed by atoms with van der Waals surface area (Å²) in [6.45, 7) is 0.368. The number of hydroxylamine groups is 1. The van der Waals surface area contributed by atoms with Gasteiger partial charge < -0.3 is 10.1 Å². The maximum atomic E-state index is 12.4. The van der Waals surface area contributed by atoms with Crippen molar-refractivity contribution in [3.05, 3.63) is 35.4 Å². The lowest BCUT2D eigenvalue weighted by atomic mass is 9.98. The first-order valence-corrected chi connectivity index (χ1v) is 7.95. The summed E-state index contributed by atoms with van der Waals surface area (Å²) in [5.74, 6) is 5.28. The SMILES string of the molecule is COCC#Cc1ccc(C(=O)NC2CCCC2CC(=O)NO)cc1. The van der Waals surface area contributed by atoms with Gasteiger partial charge >= 0.3 is 0 Å². The van der Waals surface area contributed by atoms with Crippen molar-refractivity contribution in [3.63, 3.8) is 0 Å². The van der Waals surface area contributed by atoms with Gasteiger partial charge in [-0.1, -0.05) is 18.3 Å². The number of carbonyl (C=O) groups excluding carboxylic acids is 2. The van der Waals surface area contributed by atoms with Gasteiger partial charge in [0.1, 0.15) is 6.61 Å². The van der Waals surface area contributed by atoms with E-state index >= 15 is 0 Å². The molecule has 1 aliphatic carbocycles. The molecule has 0 aromatic heterocycles. The Hall–Kier alpha value is -2.36. The molecule has 0 aliphatic heterocycles. The van der Waals surface area contributed by atoms with E-state index in [0.29, 0.717) is 12.2 Å². The van der Waals surface area contributed by atoms with Gasteiger partial charge in [0.15, 0.2) is 0 Å². The van der Waals surface area contributed by atoms with E-state index in [1.807, 2.05) is 0 Å². The zero-order valence-corrected chi connectivity index (χ0v) is 13.7. The van der Waals surface area contributed by atoms with Crippen LogP contribution in [0.3, 0.4) is 0 Å². The van der Waals surface area contributed by atoms with Gasteiger partial charge in [-0.3, -0.25) is 14.8 Å². The molecule has 2 atom stereocenters. The van der Waals surface area contributed by atoms with Crippen molar-refractivity contribution in [3.8, 4) is 11.8 Å². The molecule has 2 unspecified atom stereocenters. The highest BCUT2D eigenvalue weighted by atomic mass is 16.5. The largest absolute Gasteiger partial charge is 0.372 e. The van der Waals surface area contributed by atoms with E-state index in [4.69, 9.17) is 9.94 Å². The normalized spacial score (nSPS) is 19.2. The Kier molecular flexibility index (Phi) is 6.79. The molecule has 0 saturated heterocycles. The van der Waals surface area contributed by atoms with Gasteiger partial charge in [-0.05, 0) is 43.0 Å². The standard InChI is InChI=1S/C18H22N2O4/c1-24-11-3-4-13-7-9-14(10-8-13)18(22)19-16-6-2-5-15(16)12-17(21)20-23/h7-10,15-16,23H,2,5-6,11-12H2,1H3,(H,19,22)(H,20,21). The molecule has 3 N–H and O–H groups in total. The van der Waals surface area contributed by atoms with Crippen LogP contribution in [0.4, 0.5) is 0 Å². The number of carbonyl (C=O) groups is 2. The van der Waals surface area contributed by atoms with Crippen LogP contribution in [0.25, 0.3) is 0 Å². The van der Waals surface area contributed by atoms with E-state index < -0.39 is 5.91 Å². The smallest absolute Gasteiger partial charge is 0.251 e. The van der Waals surface area contributed by atoms with Gasteiger partial charge in [0.25, 0.3) is 5.91 Å². The highest BCUT2D eigenvalue weighted by Crippen LogP contribution is 2.28. The number of ether oxygens (including phenoxy) is 1. The van der Waals surface area contributed by atoms with Crippen molar-refractivity contribution in [2.24, 2.45) is 5.92 Å². The predicted octanol–water partition coefficient (Wildman–Crippen LogP) is 1.48. The Labute approximate surface area is 141 Å². The summed E-state index contributed by atoms with van der Waals surface area (Å²) in [4.78, 5) is 23.7. The lowest BCUT2D eigenvalue weighted by Crippen LogP contribution is -2.39. The molecule has 24 heavy (non-hydrogen) atoms. The molecule has 0 heterocycles. The van der Waals surface area contributed by atoms with Crippen molar-refractivity contribution in [2.45, 2.75) is 31.7 Å². The Balaban J connectivity index is 1.94. The van der Waals surface area contributed by atoms with Crippen LogP contribution >= 0.6 is 0 Å². The van der Waals surface area contributed by atoms with Crippen LogP contribution in [0, 0.1) is 17.8 Å². The fourth-order valence-corrected chi connectivity index (χ4v) is 2.92. The van der Waals surface area contributed by atoms with Gasteiger partial charge in [-0.2, -0.15) is 0 Å². The van der Waals surface area contributed by atoms with E-state index in [2.05, 4.69) is 17.2 Å². The third kappa shape index (κ3) is 5.08. The van der Waals surface area contributed by atoms with Gasteiger partial charge in [-0.25, -0.2) is 5.48 Å². The molecule has 6 nitrogen and oxygen atoms in total. The van der Waals surface area contributed by atoms with Crippen LogP contribution in [0.15, 0.2) is 24.3 Å².